The Morgan fingerprint density at radius 2 is 1.96 bits per heavy atom. The van der Waals surface area contributed by atoms with Crippen molar-refractivity contribution in [1.82, 2.24) is 9.88 Å². The first-order valence-electron chi connectivity index (χ1n) is 8.68. The van der Waals surface area contributed by atoms with Gasteiger partial charge in [-0.3, -0.25) is 5.32 Å². The van der Waals surface area contributed by atoms with Crippen LogP contribution in [0.3, 0.4) is 0 Å². The highest BCUT2D eigenvalue weighted by molar-refractivity contribution is 6.29. The first-order chi connectivity index (χ1) is 13.1. The molecule has 2 aliphatic rings. The van der Waals surface area contributed by atoms with Crippen LogP contribution in [0.5, 0.6) is 0 Å². The second kappa shape index (κ2) is 7.08. The Morgan fingerprint density at radius 3 is 2.70 bits per heavy atom. The zero-order chi connectivity index (χ0) is 18.9. The number of nitrogens with zero attached hydrogens (tertiary/aromatic N) is 2. The Kier molecular flexibility index (Phi) is 4.61. The van der Waals surface area contributed by atoms with Crippen LogP contribution in [0, 0.1) is 0 Å². The Morgan fingerprint density at radius 1 is 1.22 bits per heavy atom. The van der Waals surface area contributed by atoms with Crippen LogP contribution >= 0.6 is 11.6 Å². The third-order valence-electron chi connectivity index (χ3n) is 4.90. The van der Waals surface area contributed by atoms with E-state index in [0.29, 0.717) is 36.9 Å². The number of rotatable bonds is 2. The molecule has 2 aromatic rings. The van der Waals surface area contributed by atoms with Crippen LogP contribution in [0.15, 0.2) is 42.5 Å². The van der Waals surface area contributed by atoms with Crippen molar-refractivity contribution in [1.29, 1.82) is 0 Å². The number of carbonyl (C=O) groups excluding carboxylic acids is 2. The van der Waals surface area contributed by atoms with Gasteiger partial charge >= 0.3 is 12.2 Å². The maximum atomic E-state index is 12.4. The SMILES string of the molecule is O=C1Nc2nc(Cl)ccc2C2(CCN(C(=O)OCc3ccccc3)CC2)O1. The van der Waals surface area contributed by atoms with Gasteiger partial charge in [0.15, 0.2) is 0 Å². The van der Waals surface area contributed by atoms with Crippen molar-refractivity contribution in [3.05, 3.63) is 58.7 Å². The molecule has 4 rings (SSSR count). The minimum Gasteiger partial charge on any atom is -0.445 e. The van der Waals surface area contributed by atoms with E-state index >= 15 is 0 Å². The highest BCUT2D eigenvalue weighted by Crippen LogP contribution is 2.43. The number of ether oxygens (including phenoxy) is 2. The molecule has 0 aliphatic carbocycles. The van der Waals surface area contributed by atoms with Gasteiger partial charge in [0, 0.05) is 31.5 Å². The summed E-state index contributed by atoms with van der Waals surface area (Å²) in [6.45, 7) is 1.07. The summed E-state index contributed by atoms with van der Waals surface area (Å²) in [5.41, 5.74) is 0.915. The zero-order valence-electron chi connectivity index (χ0n) is 14.5. The first kappa shape index (κ1) is 17.6. The quantitative estimate of drug-likeness (QED) is 0.790. The molecule has 1 aromatic heterocycles. The average molecular weight is 388 g/mol. The molecule has 1 aromatic carbocycles. The summed E-state index contributed by atoms with van der Waals surface area (Å²) in [6, 6.07) is 13.0. The van der Waals surface area contributed by atoms with Gasteiger partial charge in [0.25, 0.3) is 0 Å². The topological polar surface area (TPSA) is 80.8 Å². The molecule has 140 valence electrons. The number of hydrogen-bond acceptors (Lipinski definition) is 5. The summed E-state index contributed by atoms with van der Waals surface area (Å²) >= 11 is 5.93. The van der Waals surface area contributed by atoms with Crippen LogP contribution in [0.1, 0.15) is 24.0 Å². The van der Waals surface area contributed by atoms with Crippen LogP contribution in [0.25, 0.3) is 0 Å². The molecule has 2 aliphatic heterocycles. The standard InChI is InChI=1S/C19H18ClN3O4/c20-15-7-6-14-16(21-15)22-17(24)27-19(14)8-10-23(11-9-19)18(25)26-12-13-4-2-1-3-5-13/h1-7H,8-12H2,(H,21,22,24). The summed E-state index contributed by atoms with van der Waals surface area (Å²) in [6.07, 6.45) is 0.00900. The molecule has 8 heteroatoms. The highest BCUT2D eigenvalue weighted by atomic mass is 35.5. The minimum atomic E-state index is -0.800. The smallest absolute Gasteiger partial charge is 0.413 e. The Balaban J connectivity index is 1.43. The second-order valence-electron chi connectivity index (χ2n) is 6.57. The van der Waals surface area contributed by atoms with Gasteiger partial charge in [-0.05, 0) is 17.7 Å². The number of halogens is 1. The third kappa shape index (κ3) is 3.55. The lowest BCUT2D eigenvalue weighted by atomic mass is 9.83. The Hall–Kier alpha value is -2.80. The van der Waals surface area contributed by atoms with Crippen molar-refractivity contribution in [2.24, 2.45) is 0 Å². The Bertz CT molecular complexity index is 867. The second-order valence-corrected chi connectivity index (χ2v) is 6.95. The van der Waals surface area contributed by atoms with Gasteiger partial charge in [-0.1, -0.05) is 41.9 Å². The van der Waals surface area contributed by atoms with E-state index in [1.807, 2.05) is 36.4 Å². The number of hydrogen-bond donors (Lipinski definition) is 1. The van der Waals surface area contributed by atoms with Gasteiger partial charge < -0.3 is 14.4 Å². The summed E-state index contributed by atoms with van der Waals surface area (Å²) in [5.74, 6) is 0.416. The lowest BCUT2D eigenvalue weighted by Gasteiger charge is -2.43. The molecule has 0 bridgehead atoms. The van der Waals surface area contributed by atoms with E-state index < -0.39 is 11.7 Å². The molecule has 0 unspecified atom stereocenters. The molecule has 1 spiro atoms. The van der Waals surface area contributed by atoms with Crippen LogP contribution in [0.2, 0.25) is 5.15 Å². The van der Waals surface area contributed by atoms with Crippen LogP contribution in [0.4, 0.5) is 15.4 Å². The molecule has 3 heterocycles. The summed E-state index contributed by atoms with van der Waals surface area (Å²) in [5, 5.41) is 2.88. The monoisotopic (exact) mass is 387 g/mol. The summed E-state index contributed by atoms with van der Waals surface area (Å²) < 4.78 is 11.0. The van der Waals surface area contributed by atoms with Gasteiger partial charge in [0.05, 0.1) is 0 Å². The normalized spacial score (nSPS) is 17.7. The minimum absolute atomic E-state index is 0.228. The summed E-state index contributed by atoms with van der Waals surface area (Å²) in [7, 11) is 0. The lowest BCUT2D eigenvalue weighted by Crippen LogP contribution is -2.50. The number of aromatic nitrogens is 1. The molecular weight excluding hydrogens is 370 g/mol. The van der Waals surface area contributed by atoms with Crippen molar-refractivity contribution in [2.45, 2.75) is 25.0 Å². The number of benzene rings is 1. The van der Waals surface area contributed by atoms with Crippen molar-refractivity contribution < 1.29 is 19.1 Å². The number of piperidine rings is 1. The highest BCUT2D eigenvalue weighted by Gasteiger charge is 2.46. The molecule has 0 atom stereocenters. The predicted octanol–water partition coefficient (Wildman–Crippen LogP) is 3.93. The number of amides is 2. The molecule has 7 nitrogen and oxygen atoms in total. The van der Waals surface area contributed by atoms with E-state index in [9.17, 15) is 9.59 Å². The summed E-state index contributed by atoms with van der Waals surface area (Å²) in [4.78, 5) is 30.1. The van der Waals surface area contributed by atoms with Gasteiger partial charge in [-0.2, -0.15) is 0 Å². The number of anilines is 1. The van der Waals surface area contributed by atoms with E-state index in [4.69, 9.17) is 21.1 Å². The maximum absolute atomic E-state index is 12.4. The molecule has 0 saturated carbocycles. The fraction of sp³-hybridized carbons (Fsp3) is 0.316. The van der Waals surface area contributed by atoms with Gasteiger partial charge in [0.2, 0.25) is 0 Å². The zero-order valence-corrected chi connectivity index (χ0v) is 15.2. The fourth-order valence-electron chi connectivity index (χ4n) is 3.49. The van der Waals surface area contributed by atoms with E-state index in [0.717, 1.165) is 11.1 Å². The van der Waals surface area contributed by atoms with Crippen molar-refractivity contribution in [3.63, 3.8) is 0 Å². The van der Waals surface area contributed by atoms with Gasteiger partial charge in [-0.25, -0.2) is 14.6 Å². The number of carbonyl (C=O) groups is 2. The van der Waals surface area contributed by atoms with Crippen LogP contribution in [-0.2, 0) is 21.7 Å². The van der Waals surface area contributed by atoms with Crippen LogP contribution < -0.4 is 5.32 Å². The lowest BCUT2D eigenvalue weighted by molar-refractivity contribution is -0.0370. The largest absolute Gasteiger partial charge is 0.445 e. The van der Waals surface area contributed by atoms with Crippen molar-refractivity contribution in [3.8, 4) is 0 Å². The molecular formula is C19H18ClN3O4. The molecule has 0 radical (unpaired) electrons. The number of likely N-dealkylation sites (tertiary alicyclic amines) is 1. The molecule has 1 fully saturated rings. The number of pyridine rings is 1. The van der Waals surface area contributed by atoms with Gasteiger partial charge in [-0.15, -0.1) is 0 Å². The number of fused-ring (bicyclic) bond motifs is 2. The molecule has 2 amide bonds. The van der Waals surface area contributed by atoms with E-state index in [-0.39, 0.29) is 12.7 Å². The van der Waals surface area contributed by atoms with E-state index in [1.54, 1.807) is 11.0 Å². The fourth-order valence-corrected chi connectivity index (χ4v) is 3.63. The number of nitrogens with one attached hydrogen (secondary N) is 1. The third-order valence-corrected chi connectivity index (χ3v) is 5.11. The predicted molar refractivity (Wildman–Crippen MR) is 98.5 cm³/mol. The molecule has 1 saturated heterocycles. The van der Waals surface area contributed by atoms with Gasteiger partial charge in [0.1, 0.15) is 23.2 Å². The Labute approximate surface area is 161 Å². The van der Waals surface area contributed by atoms with E-state index in [2.05, 4.69) is 10.3 Å². The first-order valence-corrected chi connectivity index (χ1v) is 9.06. The van der Waals surface area contributed by atoms with Crippen molar-refractivity contribution in [2.75, 3.05) is 18.4 Å². The average Bonchev–Trinajstić information content (AvgIpc) is 2.67. The molecule has 1 N–H and O–H groups in total. The van der Waals surface area contributed by atoms with Crippen LogP contribution in [-0.4, -0.2) is 35.2 Å². The molecule has 27 heavy (non-hydrogen) atoms. The maximum Gasteiger partial charge on any atom is 0.413 e. The van der Waals surface area contributed by atoms with Crippen molar-refractivity contribution >= 4 is 29.6 Å². The van der Waals surface area contributed by atoms with E-state index in [1.165, 1.54) is 0 Å².